The van der Waals surface area contributed by atoms with Crippen LogP contribution in [0.2, 0.25) is 0 Å². The highest BCUT2D eigenvalue weighted by Gasteiger charge is 2.26. The van der Waals surface area contributed by atoms with Crippen molar-refractivity contribution in [3.8, 4) is 11.5 Å². The van der Waals surface area contributed by atoms with Crippen molar-refractivity contribution in [2.45, 2.75) is 25.7 Å². The van der Waals surface area contributed by atoms with E-state index >= 15 is 0 Å². The van der Waals surface area contributed by atoms with Gasteiger partial charge in [0.1, 0.15) is 6.33 Å². The van der Waals surface area contributed by atoms with Crippen LogP contribution in [0.5, 0.6) is 11.5 Å². The molecule has 3 aromatic rings. The second-order valence-electron chi connectivity index (χ2n) is 7.93. The molecule has 172 valence electrons. The number of methoxy groups -OCH3 is 2. The van der Waals surface area contributed by atoms with E-state index in [1.54, 1.807) is 44.8 Å². The molecule has 0 spiro atoms. The largest absolute Gasteiger partial charge is 0.493 e. The number of carbonyl (C=O) groups excluding carboxylic acids is 2. The van der Waals surface area contributed by atoms with Crippen LogP contribution in [0, 0.1) is 0 Å². The number of nitrogens with zero attached hydrogens (tertiary/aromatic N) is 3. The summed E-state index contributed by atoms with van der Waals surface area (Å²) in [6.45, 7) is 2.70. The molecule has 2 N–H and O–H groups in total. The van der Waals surface area contributed by atoms with E-state index in [0.29, 0.717) is 36.0 Å². The zero-order valence-corrected chi connectivity index (χ0v) is 18.9. The maximum atomic E-state index is 12.7. The van der Waals surface area contributed by atoms with Gasteiger partial charge in [0, 0.05) is 48.8 Å². The first-order chi connectivity index (χ1) is 16.0. The Kier molecular flexibility index (Phi) is 6.58. The molecule has 0 bridgehead atoms. The van der Waals surface area contributed by atoms with Crippen molar-refractivity contribution in [3.05, 3.63) is 48.4 Å². The number of aromatic nitrogens is 2. The fourth-order valence-electron chi connectivity index (χ4n) is 4.13. The van der Waals surface area contributed by atoms with Gasteiger partial charge in [0.15, 0.2) is 11.5 Å². The molecule has 9 nitrogen and oxygen atoms in total. The van der Waals surface area contributed by atoms with Crippen LogP contribution in [0.15, 0.2) is 42.7 Å². The number of rotatable bonds is 5. The number of hydrogen-bond acceptors (Lipinski definition) is 6. The van der Waals surface area contributed by atoms with Crippen molar-refractivity contribution in [1.82, 2.24) is 14.9 Å². The highest BCUT2D eigenvalue weighted by molar-refractivity contribution is 5.91. The van der Waals surface area contributed by atoms with E-state index in [0.717, 1.165) is 29.4 Å². The third-order valence-corrected chi connectivity index (χ3v) is 5.80. The van der Waals surface area contributed by atoms with Gasteiger partial charge in [0.2, 0.25) is 5.91 Å². The molecule has 1 aromatic heterocycles. The second-order valence-corrected chi connectivity index (χ2v) is 7.93. The molecule has 4 rings (SSSR count). The van der Waals surface area contributed by atoms with Gasteiger partial charge in [0.25, 0.3) is 0 Å². The Morgan fingerprint density at radius 1 is 0.939 bits per heavy atom. The Balaban J connectivity index is 1.42. The Hall–Kier alpha value is -3.88. The van der Waals surface area contributed by atoms with E-state index in [4.69, 9.17) is 9.47 Å². The summed E-state index contributed by atoms with van der Waals surface area (Å²) >= 11 is 0. The van der Waals surface area contributed by atoms with Gasteiger partial charge in [-0.15, -0.1) is 0 Å². The molecular formula is C24H27N5O4. The highest BCUT2D eigenvalue weighted by atomic mass is 16.5. The number of likely N-dealkylation sites (tertiary alicyclic amines) is 1. The number of nitrogens with one attached hydrogen (secondary N) is 2. The SMILES string of the molecule is COc1cc2ncnc(C3CCN(C(=O)Nc4ccc(NC(C)=O)cc4)CC3)c2cc1OC. The molecule has 2 heterocycles. The molecule has 0 unspecified atom stereocenters. The third-order valence-electron chi connectivity index (χ3n) is 5.80. The standard InChI is InChI=1S/C24H27N5O4/c1-15(30)27-17-4-6-18(7-5-17)28-24(31)29-10-8-16(9-11-29)23-19-12-21(32-2)22(33-3)13-20(19)25-14-26-23/h4-7,12-14,16H,8-11H2,1-3H3,(H,27,30)(H,28,31). The maximum absolute atomic E-state index is 12.7. The van der Waals surface area contributed by atoms with Crippen molar-refractivity contribution in [2.75, 3.05) is 37.9 Å². The van der Waals surface area contributed by atoms with Crippen LogP contribution in [0.3, 0.4) is 0 Å². The summed E-state index contributed by atoms with van der Waals surface area (Å²) in [7, 11) is 3.21. The topological polar surface area (TPSA) is 106 Å². The first-order valence-electron chi connectivity index (χ1n) is 10.8. The molecule has 1 aliphatic heterocycles. The first-order valence-corrected chi connectivity index (χ1v) is 10.8. The van der Waals surface area contributed by atoms with Gasteiger partial charge in [-0.1, -0.05) is 0 Å². The molecule has 33 heavy (non-hydrogen) atoms. The van der Waals surface area contributed by atoms with Gasteiger partial charge in [-0.2, -0.15) is 0 Å². The summed E-state index contributed by atoms with van der Waals surface area (Å²) in [5, 5.41) is 6.57. The normalized spacial score (nSPS) is 14.1. The second kappa shape index (κ2) is 9.72. The van der Waals surface area contributed by atoms with Crippen molar-refractivity contribution in [1.29, 1.82) is 0 Å². The van der Waals surface area contributed by atoms with Crippen LogP contribution in [-0.2, 0) is 4.79 Å². The van der Waals surface area contributed by atoms with E-state index in [1.807, 2.05) is 17.0 Å². The predicted molar refractivity (Wildman–Crippen MR) is 126 cm³/mol. The molecule has 0 aliphatic carbocycles. The van der Waals surface area contributed by atoms with E-state index in [1.165, 1.54) is 6.92 Å². The fraction of sp³-hybridized carbons (Fsp3) is 0.333. The summed E-state index contributed by atoms with van der Waals surface area (Å²) in [4.78, 5) is 34.6. The van der Waals surface area contributed by atoms with Gasteiger partial charge in [-0.05, 0) is 43.2 Å². The average Bonchev–Trinajstić information content (AvgIpc) is 2.83. The minimum atomic E-state index is -0.139. The van der Waals surface area contributed by atoms with Crippen LogP contribution in [0.4, 0.5) is 16.2 Å². The summed E-state index contributed by atoms with van der Waals surface area (Å²) in [5.74, 6) is 1.35. The van der Waals surface area contributed by atoms with E-state index in [2.05, 4.69) is 20.6 Å². The third kappa shape index (κ3) is 4.97. The summed E-state index contributed by atoms with van der Waals surface area (Å²) in [5.41, 5.74) is 3.14. The lowest BCUT2D eigenvalue weighted by molar-refractivity contribution is -0.114. The maximum Gasteiger partial charge on any atom is 0.321 e. The molecular weight excluding hydrogens is 422 g/mol. The molecule has 3 amide bonds. The summed E-state index contributed by atoms with van der Waals surface area (Å²) in [6.07, 6.45) is 3.18. The first kappa shape index (κ1) is 22.3. The quantitative estimate of drug-likeness (QED) is 0.610. The lowest BCUT2D eigenvalue weighted by atomic mass is 9.91. The zero-order valence-electron chi connectivity index (χ0n) is 18.9. The minimum absolute atomic E-state index is 0.135. The van der Waals surface area contributed by atoms with Gasteiger partial charge >= 0.3 is 6.03 Å². The minimum Gasteiger partial charge on any atom is -0.493 e. The Morgan fingerprint density at radius 2 is 1.55 bits per heavy atom. The number of hydrogen-bond donors (Lipinski definition) is 2. The lowest BCUT2D eigenvalue weighted by Gasteiger charge is -2.32. The monoisotopic (exact) mass is 449 g/mol. The van der Waals surface area contributed by atoms with Crippen LogP contribution < -0.4 is 20.1 Å². The van der Waals surface area contributed by atoms with Crippen LogP contribution in [0.25, 0.3) is 10.9 Å². The average molecular weight is 450 g/mol. The molecule has 2 aromatic carbocycles. The van der Waals surface area contributed by atoms with Crippen LogP contribution in [0.1, 0.15) is 31.4 Å². The van der Waals surface area contributed by atoms with Gasteiger partial charge in [-0.3, -0.25) is 4.79 Å². The Labute approximate surface area is 192 Å². The van der Waals surface area contributed by atoms with Crippen molar-refractivity contribution in [3.63, 3.8) is 0 Å². The van der Waals surface area contributed by atoms with Gasteiger partial charge in [-0.25, -0.2) is 14.8 Å². The molecule has 0 saturated carbocycles. The lowest BCUT2D eigenvalue weighted by Crippen LogP contribution is -2.40. The van der Waals surface area contributed by atoms with Gasteiger partial charge in [0.05, 0.1) is 25.4 Å². The number of ether oxygens (including phenoxy) is 2. The molecule has 1 aliphatic rings. The number of amides is 3. The van der Waals surface area contributed by atoms with Crippen molar-refractivity contribution >= 4 is 34.2 Å². The molecule has 0 radical (unpaired) electrons. The number of carbonyl (C=O) groups is 2. The highest BCUT2D eigenvalue weighted by Crippen LogP contribution is 2.36. The zero-order chi connectivity index (χ0) is 23.4. The molecule has 1 saturated heterocycles. The number of benzene rings is 2. The van der Waals surface area contributed by atoms with E-state index in [9.17, 15) is 9.59 Å². The van der Waals surface area contributed by atoms with Crippen LogP contribution >= 0.6 is 0 Å². The number of anilines is 2. The number of fused-ring (bicyclic) bond motifs is 1. The molecule has 9 heteroatoms. The van der Waals surface area contributed by atoms with Crippen molar-refractivity contribution in [2.24, 2.45) is 0 Å². The predicted octanol–water partition coefficient (Wildman–Crippen LogP) is 4.02. The van der Waals surface area contributed by atoms with E-state index < -0.39 is 0 Å². The number of piperidine rings is 1. The van der Waals surface area contributed by atoms with E-state index in [-0.39, 0.29) is 17.9 Å². The Morgan fingerprint density at radius 3 is 2.15 bits per heavy atom. The number of urea groups is 1. The summed E-state index contributed by atoms with van der Waals surface area (Å²) in [6, 6.07) is 10.7. The smallest absolute Gasteiger partial charge is 0.321 e. The van der Waals surface area contributed by atoms with Gasteiger partial charge < -0.3 is 25.0 Å². The Bertz CT molecular complexity index is 1160. The fourth-order valence-corrected chi connectivity index (χ4v) is 4.13. The molecule has 1 fully saturated rings. The van der Waals surface area contributed by atoms with Crippen LogP contribution in [-0.4, -0.2) is 54.1 Å². The summed E-state index contributed by atoms with van der Waals surface area (Å²) < 4.78 is 10.8. The molecule has 0 atom stereocenters. The van der Waals surface area contributed by atoms with Crippen molar-refractivity contribution < 1.29 is 19.1 Å².